The zero-order valence-corrected chi connectivity index (χ0v) is 14.9. The predicted molar refractivity (Wildman–Crippen MR) is 101 cm³/mol. The Balaban J connectivity index is 1.57. The minimum atomic E-state index is -0.412. The van der Waals surface area contributed by atoms with Gasteiger partial charge in [0.25, 0.3) is 0 Å². The molecular formula is C17H15N3O3S2. The number of thioether (sulfide) groups is 1. The third-order valence-corrected chi connectivity index (χ3v) is 5.47. The smallest absolute Gasteiger partial charge is 0.337 e. The van der Waals surface area contributed by atoms with Gasteiger partial charge in [-0.15, -0.1) is 11.3 Å². The molecule has 0 atom stereocenters. The van der Waals surface area contributed by atoms with E-state index in [4.69, 9.17) is 5.73 Å². The largest absolute Gasteiger partial charge is 0.465 e. The molecule has 3 N–H and O–H groups in total. The maximum atomic E-state index is 12.1. The summed E-state index contributed by atoms with van der Waals surface area (Å²) in [5.41, 5.74) is 8.38. The number of methoxy groups -OCH3 is 1. The molecule has 0 aliphatic rings. The van der Waals surface area contributed by atoms with Gasteiger partial charge in [-0.25, -0.2) is 9.78 Å². The van der Waals surface area contributed by atoms with Crippen molar-refractivity contribution in [3.8, 4) is 0 Å². The molecule has 0 aliphatic heterocycles. The third-order valence-electron chi connectivity index (χ3n) is 3.31. The van der Waals surface area contributed by atoms with Crippen molar-refractivity contribution in [1.82, 2.24) is 4.98 Å². The van der Waals surface area contributed by atoms with Crippen molar-refractivity contribution in [2.24, 2.45) is 0 Å². The molecule has 0 fully saturated rings. The number of benzene rings is 2. The summed E-state index contributed by atoms with van der Waals surface area (Å²) in [7, 11) is 1.33. The molecule has 0 aliphatic carbocycles. The van der Waals surface area contributed by atoms with Crippen LogP contribution < -0.4 is 11.1 Å². The predicted octanol–water partition coefficient (Wildman–Crippen LogP) is 3.40. The summed E-state index contributed by atoms with van der Waals surface area (Å²) in [6, 6.07) is 12.1. The molecule has 0 bridgehead atoms. The number of nitrogens with two attached hydrogens (primary N) is 1. The fourth-order valence-corrected chi connectivity index (χ4v) is 4.03. The van der Waals surface area contributed by atoms with E-state index in [0.717, 1.165) is 14.6 Å². The monoisotopic (exact) mass is 373 g/mol. The number of anilines is 2. The van der Waals surface area contributed by atoms with Gasteiger partial charge in [0, 0.05) is 11.4 Å². The van der Waals surface area contributed by atoms with Crippen LogP contribution in [0.25, 0.3) is 10.2 Å². The molecule has 1 heterocycles. The number of thiazole rings is 1. The first-order valence-corrected chi connectivity index (χ1v) is 9.12. The second-order valence-electron chi connectivity index (χ2n) is 5.11. The normalized spacial score (nSPS) is 10.6. The lowest BCUT2D eigenvalue weighted by Gasteiger charge is -2.05. The maximum Gasteiger partial charge on any atom is 0.337 e. The molecule has 0 spiro atoms. The molecule has 3 aromatic rings. The van der Waals surface area contributed by atoms with Crippen LogP contribution in [-0.2, 0) is 9.53 Å². The third kappa shape index (κ3) is 4.28. The zero-order chi connectivity index (χ0) is 17.8. The topological polar surface area (TPSA) is 94.3 Å². The van der Waals surface area contributed by atoms with Crippen molar-refractivity contribution < 1.29 is 14.3 Å². The van der Waals surface area contributed by atoms with Gasteiger partial charge in [0.05, 0.1) is 28.6 Å². The minimum absolute atomic E-state index is 0.144. The van der Waals surface area contributed by atoms with E-state index in [2.05, 4.69) is 15.0 Å². The van der Waals surface area contributed by atoms with Crippen molar-refractivity contribution >= 4 is 56.6 Å². The van der Waals surface area contributed by atoms with E-state index in [0.29, 0.717) is 16.9 Å². The highest BCUT2D eigenvalue weighted by Crippen LogP contribution is 2.30. The van der Waals surface area contributed by atoms with Crippen LogP contribution in [0.15, 0.2) is 46.8 Å². The number of ether oxygens (including phenoxy) is 1. The summed E-state index contributed by atoms with van der Waals surface area (Å²) >= 11 is 2.88. The zero-order valence-electron chi connectivity index (χ0n) is 13.3. The Kier molecular flexibility index (Phi) is 5.20. The fraction of sp³-hybridized carbons (Fsp3) is 0.118. The van der Waals surface area contributed by atoms with Gasteiger partial charge < -0.3 is 15.8 Å². The lowest BCUT2D eigenvalue weighted by Crippen LogP contribution is -2.14. The number of fused-ring (bicyclic) bond motifs is 1. The highest BCUT2D eigenvalue weighted by Gasteiger charge is 2.09. The van der Waals surface area contributed by atoms with Crippen LogP contribution in [0.3, 0.4) is 0 Å². The van der Waals surface area contributed by atoms with E-state index < -0.39 is 5.97 Å². The van der Waals surface area contributed by atoms with E-state index in [9.17, 15) is 9.59 Å². The van der Waals surface area contributed by atoms with Gasteiger partial charge >= 0.3 is 5.97 Å². The molecule has 1 aromatic heterocycles. The van der Waals surface area contributed by atoms with Crippen LogP contribution in [-0.4, -0.2) is 29.7 Å². The molecule has 25 heavy (non-hydrogen) atoms. The summed E-state index contributed by atoms with van der Waals surface area (Å²) in [5.74, 6) is -0.312. The van der Waals surface area contributed by atoms with E-state index in [1.807, 2.05) is 12.1 Å². The number of aromatic nitrogens is 1. The molecule has 0 radical (unpaired) electrons. The van der Waals surface area contributed by atoms with Crippen LogP contribution in [0, 0.1) is 0 Å². The SMILES string of the molecule is COC(=O)c1ccc(NC(=O)CSc2nc3ccc(N)cc3s2)cc1. The number of esters is 1. The van der Waals surface area contributed by atoms with E-state index in [1.165, 1.54) is 30.2 Å². The quantitative estimate of drug-likeness (QED) is 0.404. The molecule has 0 saturated heterocycles. The van der Waals surface area contributed by atoms with Gasteiger partial charge in [-0.1, -0.05) is 11.8 Å². The number of amides is 1. The summed E-state index contributed by atoms with van der Waals surface area (Å²) in [6.45, 7) is 0. The van der Waals surface area contributed by atoms with Crippen molar-refractivity contribution in [3.05, 3.63) is 48.0 Å². The Morgan fingerprint density at radius 2 is 2.00 bits per heavy atom. The first kappa shape index (κ1) is 17.2. The molecule has 8 heteroatoms. The van der Waals surface area contributed by atoms with Gasteiger partial charge in [0.15, 0.2) is 4.34 Å². The number of carbonyl (C=O) groups excluding carboxylic acids is 2. The van der Waals surface area contributed by atoms with Crippen LogP contribution in [0.4, 0.5) is 11.4 Å². The molecule has 3 rings (SSSR count). The summed E-state index contributed by atoms with van der Waals surface area (Å²) in [4.78, 5) is 27.9. The second-order valence-corrected chi connectivity index (χ2v) is 7.37. The Labute approximate surface area is 152 Å². The highest BCUT2D eigenvalue weighted by atomic mass is 32.2. The Morgan fingerprint density at radius 3 is 2.72 bits per heavy atom. The lowest BCUT2D eigenvalue weighted by molar-refractivity contribution is -0.113. The maximum absolute atomic E-state index is 12.1. The van der Waals surface area contributed by atoms with E-state index in [1.54, 1.807) is 30.3 Å². The Morgan fingerprint density at radius 1 is 1.24 bits per heavy atom. The Bertz CT molecular complexity index is 923. The van der Waals surface area contributed by atoms with Crippen LogP contribution >= 0.6 is 23.1 Å². The van der Waals surface area contributed by atoms with Crippen molar-refractivity contribution in [2.75, 3.05) is 23.9 Å². The molecule has 128 valence electrons. The van der Waals surface area contributed by atoms with Gasteiger partial charge in [-0.3, -0.25) is 4.79 Å². The van der Waals surface area contributed by atoms with Crippen LogP contribution in [0.5, 0.6) is 0 Å². The van der Waals surface area contributed by atoms with Crippen molar-refractivity contribution in [3.63, 3.8) is 0 Å². The van der Waals surface area contributed by atoms with E-state index >= 15 is 0 Å². The molecular weight excluding hydrogens is 358 g/mol. The molecule has 2 aromatic carbocycles. The number of rotatable bonds is 5. The lowest BCUT2D eigenvalue weighted by atomic mass is 10.2. The van der Waals surface area contributed by atoms with Gasteiger partial charge in [0.2, 0.25) is 5.91 Å². The van der Waals surface area contributed by atoms with Crippen LogP contribution in [0.2, 0.25) is 0 Å². The first-order valence-electron chi connectivity index (χ1n) is 7.32. The van der Waals surface area contributed by atoms with Gasteiger partial charge in [-0.2, -0.15) is 0 Å². The number of nitrogens with one attached hydrogen (secondary N) is 1. The summed E-state index contributed by atoms with van der Waals surface area (Å²) in [5, 5.41) is 2.78. The molecule has 0 saturated carbocycles. The van der Waals surface area contributed by atoms with Crippen molar-refractivity contribution in [1.29, 1.82) is 0 Å². The number of carbonyl (C=O) groups is 2. The number of hydrogen-bond donors (Lipinski definition) is 2. The molecule has 1 amide bonds. The van der Waals surface area contributed by atoms with E-state index in [-0.39, 0.29) is 11.7 Å². The average Bonchev–Trinajstić information content (AvgIpc) is 3.02. The summed E-state index contributed by atoms with van der Waals surface area (Å²) < 4.78 is 6.45. The van der Waals surface area contributed by atoms with Gasteiger partial charge in [0.1, 0.15) is 0 Å². The summed E-state index contributed by atoms with van der Waals surface area (Å²) in [6.07, 6.45) is 0. The van der Waals surface area contributed by atoms with Gasteiger partial charge in [-0.05, 0) is 42.5 Å². The standard InChI is InChI=1S/C17H15N3O3S2/c1-23-16(22)10-2-5-12(6-3-10)19-15(21)9-24-17-20-13-7-4-11(18)8-14(13)25-17/h2-8H,9,18H2,1H3,(H,19,21). The molecule has 0 unspecified atom stereocenters. The molecule has 6 nitrogen and oxygen atoms in total. The number of hydrogen-bond acceptors (Lipinski definition) is 7. The first-order chi connectivity index (χ1) is 12.0. The fourth-order valence-electron chi connectivity index (χ4n) is 2.11. The second kappa shape index (κ2) is 7.54. The number of nitrogen functional groups attached to an aromatic ring is 1. The van der Waals surface area contributed by atoms with Crippen molar-refractivity contribution in [2.45, 2.75) is 4.34 Å². The number of nitrogens with zero attached hydrogens (tertiary/aromatic N) is 1. The Hall–Kier alpha value is -2.58. The average molecular weight is 373 g/mol. The highest BCUT2D eigenvalue weighted by molar-refractivity contribution is 8.01. The minimum Gasteiger partial charge on any atom is -0.465 e. The van der Waals surface area contributed by atoms with Crippen LogP contribution in [0.1, 0.15) is 10.4 Å².